The molecule has 23 heavy (non-hydrogen) atoms. The molecule has 1 fully saturated rings. The standard InChI is InChI=1S/C16H21ClN2O3S/c1-3-22-16(21)19-8-6-11(7-9-19)18-15(20)13-10-12(23-2)4-5-14(13)17/h4-5,10-11H,3,6-9H2,1-2H3,(H,18,20). The predicted molar refractivity (Wildman–Crippen MR) is 92.3 cm³/mol. The molecule has 1 aromatic carbocycles. The van der Waals surface area contributed by atoms with E-state index < -0.39 is 0 Å². The van der Waals surface area contributed by atoms with E-state index >= 15 is 0 Å². The van der Waals surface area contributed by atoms with Crippen LogP contribution in [0.1, 0.15) is 30.1 Å². The monoisotopic (exact) mass is 356 g/mol. The Labute approximate surface area is 145 Å². The van der Waals surface area contributed by atoms with E-state index in [-0.39, 0.29) is 18.0 Å². The van der Waals surface area contributed by atoms with Crippen LogP contribution in [0.25, 0.3) is 0 Å². The molecule has 1 saturated heterocycles. The van der Waals surface area contributed by atoms with E-state index in [4.69, 9.17) is 16.3 Å². The minimum atomic E-state index is -0.284. The van der Waals surface area contributed by atoms with Crippen molar-refractivity contribution < 1.29 is 14.3 Å². The molecule has 5 nitrogen and oxygen atoms in total. The summed E-state index contributed by atoms with van der Waals surface area (Å²) < 4.78 is 4.99. The molecule has 0 atom stereocenters. The first-order chi connectivity index (χ1) is 11.0. The molecule has 7 heteroatoms. The van der Waals surface area contributed by atoms with Crippen molar-refractivity contribution in [1.29, 1.82) is 0 Å². The summed E-state index contributed by atoms with van der Waals surface area (Å²) in [5.74, 6) is -0.166. The fourth-order valence-corrected chi connectivity index (χ4v) is 3.13. The van der Waals surface area contributed by atoms with Crippen LogP contribution in [0.2, 0.25) is 5.02 Å². The minimum absolute atomic E-state index is 0.0437. The van der Waals surface area contributed by atoms with Gasteiger partial charge in [0.25, 0.3) is 5.91 Å². The molecule has 0 aromatic heterocycles. The van der Waals surface area contributed by atoms with Gasteiger partial charge in [0.1, 0.15) is 0 Å². The number of nitrogens with one attached hydrogen (secondary N) is 1. The Bertz CT molecular complexity index is 574. The number of piperidine rings is 1. The van der Waals surface area contributed by atoms with E-state index in [1.165, 1.54) is 0 Å². The van der Waals surface area contributed by atoms with Crippen molar-refractivity contribution in [3.63, 3.8) is 0 Å². The third-order valence-corrected chi connectivity index (χ3v) is 4.83. The van der Waals surface area contributed by atoms with Crippen molar-refractivity contribution >= 4 is 35.4 Å². The molecule has 126 valence electrons. The fraction of sp³-hybridized carbons (Fsp3) is 0.500. The zero-order chi connectivity index (χ0) is 16.8. The normalized spacial score (nSPS) is 15.3. The molecule has 2 amide bonds. The third-order valence-electron chi connectivity index (χ3n) is 3.77. The second-order valence-electron chi connectivity index (χ2n) is 5.28. The Balaban J connectivity index is 1.91. The van der Waals surface area contributed by atoms with E-state index in [9.17, 15) is 9.59 Å². The lowest BCUT2D eigenvalue weighted by molar-refractivity contribution is 0.0860. The quantitative estimate of drug-likeness (QED) is 0.840. The van der Waals surface area contributed by atoms with E-state index in [0.29, 0.717) is 43.1 Å². The highest BCUT2D eigenvalue weighted by molar-refractivity contribution is 7.98. The van der Waals surface area contributed by atoms with Crippen molar-refractivity contribution in [3.8, 4) is 0 Å². The molecular weight excluding hydrogens is 336 g/mol. The number of thioether (sulfide) groups is 1. The molecule has 0 saturated carbocycles. The van der Waals surface area contributed by atoms with Gasteiger partial charge in [-0.05, 0) is 44.2 Å². The highest BCUT2D eigenvalue weighted by Crippen LogP contribution is 2.23. The number of benzene rings is 1. The molecule has 0 spiro atoms. The Kier molecular flexibility index (Phi) is 6.59. The molecule has 0 radical (unpaired) electrons. The summed E-state index contributed by atoms with van der Waals surface area (Å²) in [6.45, 7) is 3.34. The molecule has 2 rings (SSSR count). The van der Waals surface area contributed by atoms with Gasteiger partial charge in [-0.2, -0.15) is 0 Å². The number of hydrogen-bond acceptors (Lipinski definition) is 4. The number of hydrogen-bond donors (Lipinski definition) is 1. The molecule has 1 aromatic rings. The molecule has 1 heterocycles. The molecule has 1 aliphatic rings. The first-order valence-electron chi connectivity index (χ1n) is 7.61. The Morgan fingerprint density at radius 3 is 2.70 bits per heavy atom. The molecule has 0 unspecified atom stereocenters. The zero-order valence-electron chi connectivity index (χ0n) is 13.3. The number of halogens is 1. The lowest BCUT2D eigenvalue weighted by atomic mass is 10.0. The number of amides is 2. The minimum Gasteiger partial charge on any atom is -0.450 e. The first kappa shape index (κ1) is 17.9. The summed E-state index contributed by atoms with van der Waals surface area (Å²) >= 11 is 7.69. The van der Waals surface area contributed by atoms with Crippen molar-refractivity contribution in [2.24, 2.45) is 0 Å². The van der Waals surface area contributed by atoms with Crippen LogP contribution in [0.3, 0.4) is 0 Å². The molecule has 1 N–H and O–H groups in total. The highest BCUT2D eigenvalue weighted by atomic mass is 35.5. The third kappa shape index (κ3) is 4.78. The fourth-order valence-electron chi connectivity index (χ4n) is 2.49. The largest absolute Gasteiger partial charge is 0.450 e. The van der Waals surface area contributed by atoms with Crippen molar-refractivity contribution in [1.82, 2.24) is 10.2 Å². The Morgan fingerprint density at radius 1 is 1.39 bits per heavy atom. The van der Waals surface area contributed by atoms with Crippen LogP contribution in [0, 0.1) is 0 Å². The molecule has 0 aliphatic carbocycles. The summed E-state index contributed by atoms with van der Waals surface area (Å²) in [7, 11) is 0. The van der Waals surface area contributed by atoms with Crippen LogP contribution in [0.4, 0.5) is 4.79 Å². The van der Waals surface area contributed by atoms with Gasteiger partial charge < -0.3 is 15.0 Å². The second kappa shape index (κ2) is 8.45. The van der Waals surface area contributed by atoms with E-state index in [0.717, 1.165) is 4.90 Å². The van der Waals surface area contributed by atoms with Gasteiger partial charge in [0.15, 0.2) is 0 Å². The highest BCUT2D eigenvalue weighted by Gasteiger charge is 2.25. The van der Waals surface area contributed by atoms with Crippen LogP contribution in [-0.4, -0.2) is 48.9 Å². The van der Waals surface area contributed by atoms with Gasteiger partial charge in [-0.1, -0.05) is 11.6 Å². The Morgan fingerprint density at radius 2 is 2.09 bits per heavy atom. The molecule has 0 bridgehead atoms. The summed E-state index contributed by atoms with van der Waals surface area (Å²) in [6, 6.07) is 5.48. The topological polar surface area (TPSA) is 58.6 Å². The van der Waals surface area contributed by atoms with Crippen LogP contribution in [0.5, 0.6) is 0 Å². The first-order valence-corrected chi connectivity index (χ1v) is 9.21. The summed E-state index contributed by atoms with van der Waals surface area (Å²) in [4.78, 5) is 26.7. The smallest absolute Gasteiger partial charge is 0.409 e. The predicted octanol–water partition coefficient (Wildman–Crippen LogP) is 3.41. The van der Waals surface area contributed by atoms with E-state index in [1.807, 2.05) is 12.3 Å². The number of likely N-dealkylation sites (tertiary alicyclic amines) is 1. The number of nitrogens with zero attached hydrogens (tertiary/aromatic N) is 1. The zero-order valence-corrected chi connectivity index (χ0v) is 14.9. The van der Waals surface area contributed by atoms with Gasteiger partial charge >= 0.3 is 6.09 Å². The van der Waals surface area contributed by atoms with Crippen LogP contribution in [-0.2, 0) is 4.74 Å². The van der Waals surface area contributed by atoms with Crippen LogP contribution < -0.4 is 5.32 Å². The lowest BCUT2D eigenvalue weighted by Crippen LogP contribution is -2.46. The lowest BCUT2D eigenvalue weighted by Gasteiger charge is -2.31. The second-order valence-corrected chi connectivity index (χ2v) is 6.57. The van der Waals surface area contributed by atoms with Gasteiger partial charge in [-0.25, -0.2) is 4.79 Å². The van der Waals surface area contributed by atoms with Crippen molar-refractivity contribution in [3.05, 3.63) is 28.8 Å². The maximum Gasteiger partial charge on any atom is 0.409 e. The number of ether oxygens (including phenoxy) is 1. The maximum atomic E-state index is 12.4. The Hall–Kier alpha value is -1.40. The van der Waals surface area contributed by atoms with Gasteiger partial charge in [0.05, 0.1) is 17.2 Å². The van der Waals surface area contributed by atoms with Crippen molar-refractivity contribution in [2.45, 2.75) is 30.7 Å². The molecular formula is C16H21ClN2O3S. The maximum absolute atomic E-state index is 12.4. The summed E-state index contributed by atoms with van der Waals surface area (Å²) in [5.41, 5.74) is 0.492. The average Bonchev–Trinajstić information content (AvgIpc) is 2.56. The van der Waals surface area contributed by atoms with Crippen LogP contribution >= 0.6 is 23.4 Å². The van der Waals surface area contributed by atoms with Crippen LogP contribution in [0.15, 0.2) is 23.1 Å². The number of carbonyl (C=O) groups is 2. The number of rotatable bonds is 4. The SMILES string of the molecule is CCOC(=O)N1CCC(NC(=O)c2cc(SC)ccc2Cl)CC1. The average molecular weight is 357 g/mol. The summed E-state index contributed by atoms with van der Waals surface area (Å²) in [5, 5.41) is 3.46. The molecule has 1 aliphatic heterocycles. The van der Waals surface area contributed by atoms with Crippen molar-refractivity contribution in [2.75, 3.05) is 26.0 Å². The number of carbonyl (C=O) groups excluding carboxylic acids is 2. The van der Waals surface area contributed by atoms with Gasteiger partial charge in [0, 0.05) is 24.0 Å². The van der Waals surface area contributed by atoms with E-state index in [2.05, 4.69) is 5.32 Å². The van der Waals surface area contributed by atoms with Gasteiger partial charge in [-0.3, -0.25) is 4.79 Å². The van der Waals surface area contributed by atoms with E-state index in [1.54, 1.807) is 35.7 Å². The summed E-state index contributed by atoms with van der Waals surface area (Å²) in [6.07, 6.45) is 3.10. The van der Waals surface area contributed by atoms with Gasteiger partial charge in [0.2, 0.25) is 0 Å². The van der Waals surface area contributed by atoms with Gasteiger partial charge in [-0.15, -0.1) is 11.8 Å².